The van der Waals surface area contributed by atoms with Crippen LogP contribution in [0.15, 0.2) is 40.7 Å². The molecular formula is C19H23N5O2S. The van der Waals surface area contributed by atoms with E-state index in [0.29, 0.717) is 17.9 Å². The third-order valence-electron chi connectivity index (χ3n) is 5.16. The van der Waals surface area contributed by atoms with E-state index >= 15 is 0 Å². The first-order chi connectivity index (χ1) is 13.1. The molecule has 2 aliphatic rings. The molecule has 142 valence electrons. The second kappa shape index (κ2) is 7.82. The van der Waals surface area contributed by atoms with Crippen LogP contribution >= 0.6 is 11.8 Å². The van der Waals surface area contributed by atoms with Crippen molar-refractivity contribution in [1.29, 1.82) is 0 Å². The molecule has 4 heterocycles. The average molecular weight is 385 g/mol. The zero-order chi connectivity index (χ0) is 18.8. The molecule has 4 rings (SSSR count). The van der Waals surface area contributed by atoms with Gasteiger partial charge in [-0.1, -0.05) is 17.8 Å². The van der Waals surface area contributed by atoms with Crippen LogP contribution in [0.4, 0.5) is 0 Å². The van der Waals surface area contributed by atoms with Crippen LogP contribution in [0.25, 0.3) is 0 Å². The van der Waals surface area contributed by atoms with Gasteiger partial charge in [-0.05, 0) is 18.6 Å². The normalized spacial score (nSPS) is 20.3. The molecule has 1 amide bonds. The number of aryl methyl sites for hydroxylation is 1. The van der Waals surface area contributed by atoms with Crippen molar-refractivity contribution in [2.45, 2.75) is 25.2 Å². The van der Waals surface area contributed by atoms with Gasteiger partial charge in [-0.2, -0.15) is 0 Å². The van der Waals surface area contributed by atoms with Crippen molar-refractivity contribution in [2.24, 2.45) is 5.92 Å². The lowest BCUT2D eigenvalue weighted by molar-refractivity contribution is -0.137. The van der Waals surface area contributed by atoms with E-state index < -0.39 is 0 Å². The second-order valence-electron chi connectivity index (χ2n) is 7.11. The van der Waals surface area contributed by atoms with E-state index in [1.807, 2.05) is 17.2 Å². The number of carbonyl (C=O) groups excluding carboxylic acids is 1. The molecule has 1 fully saturated rings. The number of pyridine rings is 1. The molecule has 1 unspecified atom stereocenters. The topological polar surface area (TPSA) is 71.3 Å². The van der Waals surface area contributed by atoms with Gasteiger partial charge in [0.05, 0.1) is 5.92 Å². The van der Waals surface area contributed by atoms with E-state index in [9.17, 15) is 9.59 Å². The van der Waals surface area contributed by atoms with Crippen LogP contribution in [-0.2, 0) is 17.9 Å². The summed E-state index contributed by atoms with van der Waals surface area (Å²) >= 11 is 1.50. The summed E-state index contributed by atoms with van der Waals surface area (Å²) in [6.07, 6.45) is 5.29. The molecule has 2 aromatic rings. The molecule has 0 aromatic carbocycles. The standard InChI is InChI=1S/C19H23N5O2S/c1-14-9-21-19-24(17(14)25)12-16(13-27-19)18(26)23-7-5-22(6-8-23)11-15-3-2-4-20-10-15/h2-4,9-10,16H,5-8,11-13H2,1H3. The molecule has 2 aromatic heterocycles. The molecule has 1 atom stereocenters. The van der Waals surface area contributed by atoms with Crippen molar-refractivity contribution >= 4 is 17.7 Å². The van der Waals surface area contributed by atoms with Gasteiger partial charge in [0.1, 0.15) is 0 Å². The maximum Gasteiger partial charge on any atom is 0.257 e. The zero-order valence-electron chi connectivity index (χ0n) is 15.4. The predicted octanol–water partition coefficient (Wildman–Crippen LogP) is 1.01. The molecule has 8 heteroatoms. The lowest BCUT2D eigenvalue weighted by atomic mass is 10.1. The Labute approximate surface area is 162 Å². The number of piperazine rings is 1. The number of aromatic nitrogens is 3. The van der Waals surface area contributed by atoms with Gasteiger partial charge in [0.15, 0.2) is 5.16 Å². The Balaban J connectivity index is 1.36. The van der Waals surface area contributed by atoms with Gasteiger partial charge in [0.2, 0.25) is 5.91 Å². The largest absolute Gasteiger partial charge is 0.340 e. The second-order valence-corrected chi connectivity index (χ2v) is 8.10. The van der Waals surface area contributed by atoms with Crippen LogP contribution in [0.3, 0.4) is 0 Å². The van der Waals surface area contributed by atoms with E-state index in [1.165, 1.54) is 17.3 Å². The molecule has 0 bridgehead atoms. The summed E-state index contributed by atoms with van der Waals surface area (Å²) in [5.41, 5.74) is 1.78. The lowest BCUT2D eigenvalue weighted by Gasteiger charge is -2.37. The summed E-state index contributed by atoms with van der Waals surface area (Å²) in [6.45, 7) is 6.24. The van der Waals surface area contributed by atoms with E-state index in [1.54, 1.807) is 23.9 Å². The minimum atomic E-state index is -0.159. The number of carbonyl (C=O) groups is 1. The number of nitrogens with zero attached hydrogens (tertiary/aromatic N) is 5. The minimum absolute atomic E-state index is 0.0358. The number of amides is 1. The monoisotopic (exact) mass is 385 g/mol. The quantitative estimate of drug-likeness (QED) is 0.735. The molecule has 0 N–H and O–H groups in total. The molecule has 0 spiro atoms. The summed E-state index contributed by atoms with van der Waals surface area (Å²) < 4.78 is 1.66. The average Bonchev–Trinajstić information content (AvgIpc) is 2.71. The van der Waals surface area contributed by atoms with Crippen molar-refractivity contribution < 1.29 is 4.79 Å². The number of fused-ring (bicyclic) bond motifs is 1. The fourth-order valence-electron chi connectivity index (χ4n) is 3.58. The molecule has 7 nitrogen and oxygen atoms in total. The first-order valence-corrected chi connectivity index (χ1v) is 10.2. The Hall–Kier alpha value is -2.19. The Morgan fingerprint density at radius 2 is 2.07 bits per heavy atom. The molecule has 27 heavy (non-hydrogen) atoms. The third-order valence-corrected chi connectivity index (χ3v) is 6.31. The number of rotatable bonds is 3. The summed E-state index contributed by atoms with van der Waals surface area (Å²) in [4.78, 5) is 38.1. The van der Waals surface area contributed by atoms with Crippen molar-refractivity contribution in [1.82, 2.24) is 24.3 Å². The molecular weight excluding hydrogens is 362 g/mol. The van der Waals surface area contributed by atoms with Crippen molar-refractivity contribution in [2.75, 3.05) is 31.9 Å². The van der Waals surface area contributed by atoms with E-state index in [2.05, 4.69) is 20.9 Å². The highest BCUT2D eigenvalue weighted by molar-refractivity contribution is 7.99. The van der Waals surface area contributed by atoms with E-state index in [0.717, 1.165) is 37.9 Å². The maximum absolute atomic E-state index is 13.0. The highest BCUT2D eigenvalue weighted by atomic mass is 32.2. The summed E-state index contributed by atoms with van der Waals surface area (Å²) in [6, 6.07) is 4.03. The number of thioether (sulfide) groups is 1. The first-order valence-electron chi connectivity index (χ1n) is 9.21. The molecule has 0 aliphatic carbocycles. The fraction of sp³-hybridized carbons (Fsp3) is 0.474. The predicted molar refractivity (Wildman–Crippen MR) is 104 cm³/mol. The van der Waals surface area contributed by atoms with Gasteiger partial charge in [-0.25, -0.2) is 4.98 Å². The van der Waals surface area contributed by atoms with Gasteiger partial charge >= 0.3 is 0 Å². The van der Waals surface area contributed by atoms with Crippen molar-refractivity contribution in [3.05, 3.63) is 52.2 Å². The molecule has 0 radical (unpaired) electrons. The van der Waals surface area contributed by atoms with Gasteiger partial charge in [-0.3, -0.25) is 24.0 Å². The smallest absolute Gasteiger partial charge is 0.257 e. The SMILES string of the molecule is Cc1cnc2n(c1=O)CC(C(=O)N1CCN(Cc3cccnc3)CC1)CS2. The van der Waals surface area contributed by atoms with Crippen LogP contribution < -0.4 is 5.56 Å². The van der Waals surface area contributed by atoms with E-state index in [4.69, 9.17) is 0 Å². The van der Waals surface area contributed by atoms with Crippen LogP contribution in [0.1, 0.15) is 11.1 Å². The zero-order valence-corrected chi connectivity index (χ0v) is 16.2. The van der Waals surface area contributed by atoms with E-state index in [-0.39, 0.29) is 17.4 Å². The minimum Gasteiger partial charge on any atom is -0.340 e. The Morgan fingerprint density at radius 3 is 2.81 bits per heavy atom. The van der Waals surface area contributed by atoms with Gasteiger partial charge in [0.25, 0.3) is 5.56 Å². The van der Waals surface area contributed by atoms with Gasteiger partial charge in [-0.15, -0.1) is 0 Å². The third kappa shape index (κ3) is 3.91. The van der Waals surface area contributed by atoms with Crippen molar-refractivity contribution in [3.8, 4) is 0 Å². The van der Waals surface area contributed by atoms with Crippen LogP contribution in [0.2, 0.25) is 0 Å². The Morgan fingerprint density at radius 1 is 1.26 bits per heavy atom. The Kier molecular flexibility index (Phi) is 5.27. The van der Waals surface area contributed by atoms with Gasteiger partial charge in [0, 0.05) is 69.2 Å². The highest BCUT2D eigenvalue weighted by Crippen LogP contribution is 2.26. The fourth-order valence-corrected chi connectivity index (χ4v) is 4.62. The first kappa shape index (κ1) is 18.2. The van der Waals surface area contributed by atoms with Crippen molar-refractivity contribution in [3.63, 3.8) is 0 Å². The molecule has 1 saturated heterocycles. The van der Waals surface area contributed by atoms with Crippen LogP contribution in [-0.4, -0.2) is 62.2 Å². The van der Waals surface area contributed by atoms with Crippen LogP contribution in [0, 0.1) is 12.8 Å². The molecule has 0 saturated carbocycles. The molecule has 2 aliphatic heterocycles. The number of hydrogen-bond donors (Lipinski definition) is 0. The van der Waals surface area contributed by atoms with Gasteiger partial charge < -0.3 is 4.90 Å². The highest BCUT2D eigenvalue weighted by Gasteiger charge is 2.31. The summed E-state index contributed by atoms with van der Waals surface area (Å²) in [7, 11) is 0. The summed E-state index contributed by atoms with van der Waals surface area (Å²) in [5, 5.41) is 0.718. The Bertz CT molecular complexity index is 877. The number of hydrogen-bond acceptors (Lipinski definition) is 6. The summed E-state index contributed by atoms with van der Waals surface area (Å²) in [5.74, 6) is 0.681. The van der Waals surface area contributed by atoms with Crippen LogP contribution in [0.5, 0.6) is 0 Å². The lowest BCUT2D eigenvalue weighted by Crippen LogP contribution is -2.51. The maximum atomic E-state index is 13.0.